The van der Waals surface area contributed by atoms with Crippen molar-refractivity contribution >= 4 is 11.6 Å². The maximum atomic E-state index is 6.19. The van der Waals surface area contributed by atoms with Crippen LogP contribution in [-0.4, -0.2) is 20.3 Å². The van der Waals surface area contributed by atoms with Crippen LogP contribution in [0.4, 0.5) is 0 Å². The van der Waals surface area contributed by atoms with Gasteiger partial charge in [0.05, 0.1) is 18.7 Å². The zero-order chi connectivity index (χ0) is 13.4. The lowest BCUT2D eigenvalue weighted by atomic mass is 10.2. The third kappa shape index (κ3) is 4.09. The normalized spacial score (nSPS) is 9.89. The lowest BCUT2D eigenvalue weighted by Crippen LogP contribution is -2.82. The molecule has 0 aliphatic carbocycles. The molecule has 4 heteroatoms. The zero-order valence-corrected chi connectivity index (χ0v) is 11.4. The molecule has 0 spiro atoms. The molecule has 1 aromatic rings. The van der Waals surface area contributed by atoms with Crippen molar-refractivity contribution in [3.63, 3.8) is 0 Å². The van der Waals surface area contributed by atoms with Gasteiger partial charge in [-0.2, -0.15) is 0 Å². The van der Waals surface area contributed by atoms with Gasteiger partial charge in [0, 0.05) is 5.56 Å². The Balaban J connectivity index is 2.87. The van der Waals surface area contributed by atoms with E-state index in [2.05, 4.69) is 18.5 Å². The fourth-order valence-electron chi connectivity index (χ4n) is 1.54. The second kappa shape index (κ2) is 7.80. The van der Waals surface area contributed by atoms with Gasteiger partial charge in [0.15, 0.2) is 11.5 Å². The third-order valence-electron chi connectivity index (χ3n) is 2.35. The van der Waals surface area contributed by atoms with Gasteiger partial charge < -0.3 is 14.8 Å². The summed E-state index contributed by atoms with van der Waals surface area (Å²) in [5, 5.41) is 2.68. The largest absolute Gasteiger partial charge is 0.493 e. The van der Waals surface area contributed by atoms with Crippen LogP contribution in [0, 0.1) is 0 Å². The second-order valence-electron chi connectivity index (χ2n) is 3.73. The zero-order valence-electron chi connectivity index (χ0n) is 10.6. The highest BCUT2D eigenvalue weighted by atomic mass is 35.5. The van der Waals surface area contributed by atoms with Crippen LogP contribution in [-0.2, 0) is 6.54 Å². The summed E-state index contributed by atoms with van der Waals surface area (Å²) >= 11 is 6.19. The second-order valence-corrected chi connectivity index (χ2v) is 4.13. The summed E-state index contributed by atoms with van der Waals surface area (Å²) in [5.74, 6) is 1.21. The number of benzene rings is 1. The minimum Gasteiger partial charge on any atom is -0.493 e. The molecule has 0 aromatic heterocycles. The number of hydrogen-bond donors (Lipinski definition) is 1. The maximum Gasteiger partial charge on any atom is 0.180 e. The topological polar surface area (TPSA) is 35.1 Å². The molecule has 2 N–H and O–H groups in total. The van der Waals surface area contributed by atoms with Crippen LogP contribution in [0.1, 0.15) is 5.56 Å². The average Bonchev–Trinajstić information content (AvgIpc) is 2.37. The van der Waals surface area contributed by atoms with Crippen LogP contribution in [0.3, 0.4) is 0 Å². The first kappa shape index (κ1) is 14.6. The van der Waals surface area contributed by atoms with Gasteiger partial charge in [-0.05, 0) is 18.2 Å². The van der Waals surface area contributed by atoms with Crippen molar-refractivity contribution in [2.75, 3.05) is 20.3 Å². The Morgan fingerprint density at radius 3 is 2.72 bits per heavy atom. The van der Waals surface area contributed by atoms with Crippen LogP contribution < -0.4 is 14.8 Å². The molecule has 0 bridgehead atoms. The third-order valence-corrected chi connectivity index (χ3v) is 2.63. The van der Waals surface area contributed by atoms with E-state index in [4.69, 9.17) is 21.1 Å². The van der Waals surface area contributed by atoms with Gasteiger partial charge in [-0.1, -0.05) is 30.8 Å². The summed E-state index contributed by atoms with van der Waals surface area (Å²) in [6, 6.07) is 3.83. The lowest BCUT2D eigenvalue weighted by Gasteiger charge is -2.12. The van der Waals surface area contributed by atoms with Gasteiger partial charge in [-0.15, -0.1) is 0 Å². The van der Waals surface area contributed by atoms with Gasteiger partial charge in [0.1, 0.15) is 13.2 Å². The molecule has 0 radical (unpaired) electrons. The van der Waals surface area contributed by atoms with Crippen molar-refractivity contribution in [2.45, 2.75) is 6.54 Å². The number of ether oxygens (including phenoxy) is 2. The maximum absolute atomic E-state index is 6.19. The molecule has 0 saturated carbocycles. The predicted octanol–water partition coefficient (Wildman–Crippen LogP) is 2.16. The summed E-state index contributed by atoms with van der Waals surface area (Å²) in [4.78, 5) is 0. The van der Waals surface area contributed by atoms with E-state index < -0.39 is 0 Å². The van der Waals surface area contributed by atoms with Gasteiger partial charge in [-0.25, -0.2) is 0 Å². The van der Waals surface area contributed by atoms with Crippen molar-refractivity contribution in [2.24, 2.45) is 0 Å². The molecular weight excluding hydrogens is 250 g/mol. The number of hydrogen-bond acceptors (Lipinski definition) is 2. The minimum atomic E-state index is 0.401. The summed E-state index contributed by atoms with van der Waals surface area (Å²) in [7, 11) is 1.60. The Bertz CT molecular complexity index is 419. The Morgan fingerprint density at radius 2 is 2.11 bits per heavy atom. The molecule has 0 saturated heterocycles. The van der Waals surface area contributed by atoms with Crippen molar-refractivity contribution in [1.29, 1.82) is 0 Å². The molecule has 0 aliphatic rings. The molecule has 3 nitrogen and oxygen atoms in total. The van der Waals surface area contributed by atoms with Crippen molar-refractivity contribution in [3.05, 3.63) is 48.0 Å². The van der Waals surface area contributed by atoms with Crippen LogP contribution in [0.5, 0.6) is 11.5 Å². The monoisotopic (exact) mass is 268 g/mol. The molecule has 0 aliphatic heterocycles. The fourth-order valence-corrected chi connectivity index (χ4v) is 1.83. The molecule has 0 unspecified atom stereocenters. The van der Waals surface area contributed by atoms with E-state index in [0.29, 0.717) is 23.1 Å². The quantitative estimate of drug-likeness (QED) is 0.579. The van der Waals surface area contributed by atoms with E-state index in [0.717, 1.165) is 18.7 Å². The Hall–Kier alpha value is -1.45. The number of quaternary nitrogens is 1. The van der Waals surface area contributed by atoms with Crippen LogP contribution in [0.15, 0.2) is 37.4 Å². The molecule has 0 amide bonds. The Labute approximate surface area is 113 Å². The fraction of sp³-hybridized carbons (Fsp3) is 0.286. The van der Waals surface area contributed by atoms with Gasteiger partial charge in [0.25, 0.3) is 0 Å². The van der Waals surface area contributed by atoms with Gasteiger partial charge in [-0.3, -0.25) is 0 Å². The molecule has 0 fully saturated rings. The minimum absolute atomic E-state index is 0.401. The van der Waals surface area contributed by atoms with Crippen molar-refractivity contribution < 1.29 is 14.8 Å². The van der Waals surface area contributed by atoms with E-state index in [9.17, 15) is 0 Å². The summed E-state index contributed by atoms with van der Waals surface area (Å²) < 4.78 is 10.8. The molecular formula is C14H19ClNO2+. The van der Waals surface area contributed by atoms with Crippen LogP contribution in [0.2, 0.25) is 5.02 Å². The molecule has 0 atom stereocenters. The van der Waals surface area contributed by atoms with Crippen molar-refractivity contribution in [1.82, 2.24) is 0 Å². The van der Waals surface area contributed by atoms with E-state index >= 15 is 0 Å². The Kier molecular flexibility index (Phi) is 6.33. The van der Waals surface area contributed by atoms with Gasteiger partial charge in [0.2, 0.25) is 0 Å². The smallest absolute Gasteiger partial charge is 0.180 e. The number of rotatable bonds is 8. The molecule has 1 rings (SSSR count). The lowest BCUT2D eigenvalue weighted by molar-refractivity contribution is -0.662. The summed E-state index contributed by atoms with van der Waals surface area (Å²) in [5.41, 5.74) is 1.09. The number of methoxy groups -OCH3 is 1. The molecule has 1 aromatic carbocycles. The van der Waals surface area contributed by atoms with E-state index in [1.165, 1.54) is 0 Å². The Morgan fingerprint density at radius 1 is 1.33 bits per heavy atom. The summed E-state index contributed by atoms with van der Waals surface area (Å²) in [6.45, 7) is 9.38. The average molecular weight is 269 g/mol. The first-order chi connectivity index (χ1) is 8.72. The molecule has 0 heterocycles. The van der Waals surface area contributed by atoms with E-state index in [-0.39, 0.29) is 0 Å². The highest BCUT2D eigenvalue weighted by Crippen LogP contribution is 2.36. The summed E-state index contributed by atoms with van der Waals surface area (Å²) in [6.07, 6.45) is 3.53. The number of nitrogens with two attached hydrogens (primary N) is 1. The van der Waals surface area contributed by atoms with Gasteiger partial charge >= 0.3 is 0 Å². The predicted molar refractivity (Wildman–Crippen MR) is 74.4 cm³/mol. The first-order valence-corrected chi connectivity index (χ1v) is 6.13. The molecule has 98 valence electrons. The van der Waals surface area contributed by atoms with E-state index in [1.54, 1.807) is 13.2 Å². The van der Waals surface area contributed by atoms with E-state index in [1.807, 2.05) is 18.2 Å². The number of halogens is 1. The van der Waals surface area contributed by atoms with Crippen LogP contribution >= 0.6 is 11.6 Å². The van der Waals surface area contributed by atoms with Crippen molar-refractivity contribution in [3.8, 4) is 11.5 Å². The molecule has 18 heavy (non-hydrogen) atoms. The highest BCUT2D eigenvalue weighted by molar-refractivity contribution is 6.32. The first-order valence-electron chi connectivity index (χ1n) is 5.75. The standard InChI is InChI=1S/C14H18ClNO2/c1-4-6-16-10-11-8-12(15)14(18-7-5-2)13(9-11)17-3/h4-5,8-9,16H,1-2,6-7,10H2,3H3/p+1. The SMILES string of the molecule is C=CC[NH2+]Cc1cc(Cl)c(OCC=C)c(OC)c1. The van der Waals surface area contributed by atoms with Crippen LogP contribution in [0.25, 0.3) is 0 Å². The highest BCUT2D eigenvalue weighted by Gasteiger charge is 2.12.